The van der Waals surface area contributed by atoms with Gasteiger partial charge in [0.1, 0.15) is 12.2 Å². The number of methoxy groups -OCH3 is 2. The zero-order valence-corrected chi connectivity index (χ0v) is 19.9. The summed E-state index contributed by atoms with van der Waals surface area (Å²) in [6.07, 6.45) is 0. The number of thiophene rings is 1. The van der Waals surface area contributed by atoms with Crippen LogP contribution in [0.15, 0.2) is 69.6 Å². The van der Waals surface area contributed by atoms with E-state index in [4.69, 9.17) is 9.47 Å². The Bertz CT molecular complexity index is 1450. The average molecular weight is 494 g/mol. The summed E-state index contributed by atoms with van der Waals surface area (Å²) in [5.74, 6) is 0.680. The van der Waals surface area contributed by atoms with Crippen molar-refractivity contribution < 1.29 is 14.3 Å². The Balaban J connectivity index is 1.41. The van der Waals surface area contributed by atoms with Gasteiger partial charge in [-0.3, -0.25) is 14.4 Å². The van der Waals surface area contributed by atoms with E-state index in [2.05, 4.69) is 15.5 Å². The van der Waals surface area contributed by atoms with Crippen molar-refractivity contribution in [3.05, 3.63) is 80.7 Å². The molecule has 1 N–H and O–H groups in total. The number of hydrogen-bond donors (Lipinski definition) is 1. The molecule has 0 aliphatic rings. The summed E-state index contributed by atoms with van der Waals surface area (Å²) >= 11 is 1.53. The first-order chi connectivity index (χ1) is 17.0. The predicted molar refractivity (Wildman–Crippen MR) is 132 cm³/mol. The summed E-state index contributed by atoms with van der Waals surface area (Å²) in [7, 11) is 3.07. The molecule has 0 spiro atoms. The average Bonchev–Trinajstić information content (AvgIpc) is 3.41. The zero-order valence-electron chi connectivity index (χ0n) is 19.1. The third kappa shape index (κ3) is 5.64. The lowest BCUT2D eigenvalue weighted by atomic mass is 10.1. The van der Waals surface area contributed by atoms with Gasteiger partial charge < -0.3 is 14.8 Å². The van der Waals surface area contributed by atoms with Crippen molar-refractivity contribution in [1.29, 1.82) is 0 Å². The summed E-state index contributed by atoms with van der Waals surface area (Å²) in [4.78, 5) is 37.8. The fourth-order valence-electron chi connectivity index (χ4n) is 3.37. The number of ether oxygens (including phenoxy) is 2. The maximum Gasteiger partial charge on any atom is 0.267 e. The van der Waals surface area contributed by atoms with Gasteiger partial charge in [0.2, 0.25) is 5.91 Å². The molecule has 0 bridgehead atoms. The van der Waals surface area contributed by atoms with E-state index in [1.807, 2.05) is 17.5 Å². The molecule has 0 fully saturated rings. The number of amides is 1. The number of aromatic nitrogens is 4. The molecule has 1 aromatic carbocycles. The lowest BCUT2D eigenvalue weighted by Crippen LogP contribution is -2.36. The third-order valence-corrected chi connectivity index (χ3v) is 6.02. The van der Waals surface area contributed by atoms with Gasteiger partial charge in [-0.15, -0.1) is 11.3 Å². The van der Waals surface area contributed by atoms with Crippen LogP contribution in [-0.4, -0.2) is 46.2 Å². The van der Waals surface area contributed by atoms with Crippen LogP contribution in [0.3, 0.4) is 0 Å². The van der Waals surface area contributed by atoms with Crippen LogP contribution in [0.2, 0.25) is 0 Å². The molecule has 1 amide bonds. The van der Waals surface area contributed by atoms with Crippen molar-refractivity contribution in [2.24, 2.45) is 0 Å². The number of nitrogens with one attached hydrogen (secondary N) is 1. The maximum atomic E-state index is 12.5. The molecule has 0 aliphatic heterocycles. The zero-order chi connectivity index (χ0) is 24.8. The van der Waals surface area contributed by atoms with Crippen LogP contribution in [0.4, 0.5) is 0 Å². The number of nitrogens with zero attached hydrogens (tertiary/aromatic N) is 4. The van der Waals surface area contributed by atoms with Gasteiger partial charge in [-0.05, 0) is 41.8 Å². The minimum absolute atomic E-state index is 0.170. The fourth-order valence-corrected chi connectivity index (χ4v) is 4.06. The number of carbonyl (C=O) groups excluding carboxylic acids is 1. The topological polar surface area (TPSA) is 117 Å². The highest BCUT2D eigenvalue weighted by Crippen LogP contribution is 2.31. The monoisotopic (exact) mass is 493 g/mol. The Morgan fingerprint density at radius 3 is 2.34 bits per heavy atom. The van der Waals surface area contributed by atoms with Gasteiger partial charge in [0.15, 0.2) is 11.5 Å². The van der Waals surface area contributed by atoms with Gasteiger partial charge in [0, 0.05) is 24.2 Å². The molecule has 0 radical (unpaired) electrons. The first-order valence-electron chi connectivity index (χ1n) is 10.7. The van der Waals surface area contributed by atoms with Gasteiger partial charge in [0.05, 0.1) is 31.3 Å². The first kappa shape index (κ1) is 23.9. The fraction of sp³-hybridized carbons (Fsp3) is 0.208. The lowest BCUT2D eigenvalue weighted by molar-refractivity contribution is -0.121. The Morgan fingerprint density at radius 2 is 1.63 bits per heavy atom. The van der Waals surface area contributed by atoms with Crippen LogP contribution < -0.4 is 25.9 Å². The molecule has 35 heavy (non-hydrogen) atoms. The van der Waals surface area contributed by atoms with Crippen LogP contribution in [0, 0.1) is 0 Å². The molecule has 4 rings (SSSR count). The largest absolute Gasteiger partial charge is 0.493 e. The predicted octanol–water partition coefficient (Wildman–Crippen LogP) is 2.03. The van der Waals surface area contributed by atoms with Crippen LogP contribution in [0.25, 0.3) is 21.8 Å². The van der Waals surface area contributed by atoms with E-state index in [9.17, 15) is 14.4 Å². The minimum Gasteiger partial charge on any atom is -0.493 e. The Hall–Kier alpha value is -4.25. The molecular formula is C24H23N5O5S. The van der Waals surface area contributed by atoms with Crippen LogP contribution in [-0.2, 0) is 17.9 Å². The molecule has 180 valence electrons. The van der Waals surface area contributed by atoms with Crippen molar-refractivity contribution in [3.8, 4) is 33.3 Å². The van der Waals surface area contributed by atoms with Gasteiger partial charge >= 0.3 is 0 Å². The van der Waals surface area contributed by atoms with Crippen molar-refractivity contribution >= 4 is 17.2 Å². The maximum absolute atomic E-state index is 12.5. The van der Waals surface area contributed by atoms with E-state index in [-0.39, 0.29) is 25.2 Å². The molecule has 4 aromatic rings. The van der Waals surface area contributed by atoms with Crippen molar-refractivity contribution in [2.45, 2.75) is 13.1 Å². The molecule has 0 aliphatic carbocycles. The Morgan fingerprint density at radius 1 is 0.914 bits per heavy atom. The van der Waals surface area contributed by atoms with Gasteiger partial charge in [0.25, 0.3) is 11.1 Å². The highest BCUT2D eigenvalue weighted by Gasteiger charge is 2.11. The Labute approximate surface area is 204 Å². The SMILES string of the molecule is COc1ccc(-c2ccc(=O)n(CC(=O)NCCn3nc(-c4cccs4)ccc3=O)n2)cc1OC. The second-order valence-electron chi connectivity index (χ2n) is 7.39. The molecule has 3 aromatic heterocycles. The molecule has 10 nitrogen and oxygen atoms in total. The molecule has 0 atom stereocenters. The molecule has 0 unspecified atom stereocenters. The highest BCUT2D eigenvalue weighted by atomic mass is 32.1. The highest BCUT2D eigenvalue weighted by molar-refractivity contribution is 7.13. The van der Waals surface area contributed by atoms with E-state index in [0.29, 0.717) is 28.5 Å². The van der Waals surface area contributed by atoms with E-state index in [1.54, 1.807) is 37.4 Å². The summed E-state index contributed by atoms with van der Waals surface area (Å²) in [5, 5.41) is 13.3. The van der Waals surface area contributed by atoms with Crippen molar-refractivity contribution in [3.63, 3.8) is 0 Å². The van der Waals surface area contributed by atoms with E-state index in [0.717, 1.165) is 9.56 Å². The van der Waals surface area contributed by atoms with Crippen LogP contribution in [0.5, 0.6) is 11.5 Å². The van der Waals surface area contributed by atoms with Gasteiger partial charge in [-0.1, -0.05) is 6.07 Å². The van der Waals surface area contributed by atoms with Gasteiger partial charge in [-0.25, -0.2) is 9.36 Å². The van der Waals surface area contributed by atoms with Crippen molar-refractivity contribution in [2.75, 3.05) is 20.8 Å². The van der Waals surface area contributed by atoms with Crippen LogP contribution in [0.1, 0.15) is 0 Å². The number of benzene rings is 1. The third-order valence-electron chi connectivity index (χ3n) is 5.13. The number of rotatable bonds is 9. The summed E-state index contributed by atoms with van der Waals surface area (Å²) in [5.41, 5.74) is 1.21. The quantitative estimate of drug-likeness (QED) is 0.379. The smallest absolute Gasteiger partial charge is 0.267 e. The standard InChI is InChI=1S/C24H23N5O5S/c1-33-19-8-5-16(14-20(19)34-2)17-6-9-24(32)29(26-17)15-22(30)25-11-12-28-23(31)10-7-18(27-28)21-4-3-13-35-21/h3-10,13-14H,11-12,15H2,1-2H3,(H,25,30). The van der Waals surface area contributed by atoms with E-state index >= 15 is 0 Å². The molecular weight excluding hydrogens is 470 g/mol. The van der Waals surface area contributed by atoms with Crippen LogP contribution >= 0.6 is 11.3 Å². The Kier molecular flexibility index (Phi) is 7.36. The molecule has 11 heteroatoms. The minimum atomic E-state index is -0.411. The van der Waals surface area contributed by atoms with E-state index < -0.39 is 11.5 Å². The van der Waals surface area contributed by atoms with E-state index in [1.165, 1.54) is 35.3 Å². The summed E-state index contributed by atoms with van der Waals surface area (Å²) in [6.45, 7) is 0.0963. The molecule has 0 saturated heterocycles. The summed E-state index contributed by atoms with van der Waals surface area (Å²) < 4.78 is 13.0. The van der Waals surface area contributed by atoms with Gasteiger partial charge in [-0.2, -0.15) is 10.2 Å². The first-order valence-corrected chi connectivity index (χ1v) is 11.6. The van der Waals surface area contributed by atoms with Crippen molar-refractivity contribution in [1.82, 2.24) is 24.9 Å². The summed E-state index contributed by atoms with van der Waals surface area (Å²) in [6, 6.07) is 15.2. The number of hydrogen-bond acceptors (Lipinski definition) is 8. The lowest BCUT2D eigenvalue weighted by Gasteiger charge is -2.11. The second-order valence-corrected chi connectivity index (χ2v) is 8.34. The normalized spacial score (nSPS) is 10.7. The second kappa shape index (κ2) is 10.8. The number of carbonyl (C=O) groups is 1. The molecule has 3 heterocycles. The molecule has 0 saturated carbocycles.